The van der Waals surface area contributed by atoms with Crippen molar-refractivity contribution in [2.24, 2.45) is 0 Å². The Labute approximate surface area is 731 Å². The Balaban J connectivity index is 0.845. The number of allylic oxidation sites excluding steroid dienone is 3. The van der Waals surface area contributed by atoms with Gasteiger partial charge in [-0.2, -0.15) is 0 Å². The average molecular weight is 1610 g/mol. The highest BCUT2D eigenvalue weighted by Gasteiger charge is 2.42. The van der Waals surface area contributed by atoms with Gasteiger partial charge >= 0.3 is 0 Å². The van der Waals surface area contributed by atoms with Crippen molar-refractivity contribution in [3.63, 3.8) is 0 Å². The van der Waals surface area contributed by atoms with Crippen molar-refractivity contribution in [2.75, 3.05) is 16.8 Å². The number of aromatic nitrogens is 4. The Kier molecular flexibility index (Phi) is 17.1. The lowest BCUT2D eigenvalue weighted by atomic mass is 9.34. The maximum atomic E-state index is 6.76. The van der Waals surface area contributed by atoms with Crippen LogP contribution >= 0.6 is 0 Å². The second kappa shape index (κ2) is 29.2. The summed E-state index contributed by atoms with van der Waals surface area (Å²) in [6.45, 7) is 14.1. The molecular formula is C118H85BN6O. The molecule has 0 aliphatic carbocycles. The minimum atomic E-state index is -0.402. The Morgan fingerprint density at radius 1 is 0.317 bits per heavy atom. The molecule has 596 valence electrons. The van der Waals surface area contributed by atoms with E-state index in [9.17, 15) is 0 Å². The molecule has 0 bridgehead atoms. The fourth-order valence-electron chi connectivity index (χ4n) is 20.8. The summed E-state index contributed by atoms with van der Waals surface area (Å²) in [4.78, 5) is 5.26. The first-order chi connectivity index (χ1) is 62.0. The summed E-state index contributed by atoms with van der Waals surface area (Å²) in [6.07, 6.45) is 4.43. The molecular weight excluding hydrogens is 1530 g/mol. The summed E-state index contributed by atoms with van der Waals surface area (Å²) in [6, 6.07) is 149. The molecule has 0 saturated heterocycles. The van der Waals surface area contributed by atoms with E-state index in [2.05, 4.69) is 475 Å². The Bertz CT molecular complexity index is 8090. The van der Waals surface area contributed by atoms with Gasteiger partial charge in [0, 0.05) is 123 Å². The highest BCUT2D eigenvalue weighted by Crippen LogP contribution is 2.54. The molecule has 23 aromatic rings. The van der Waals surface area contributed by atoms with Gasteiger partial charge in [-0.25, -0.2) is 0 Å². The van der Waals surface area contributed by atoms with Crippen molar-refractivity contribution in [1.82, 2.24) is 18.3 Å². The molecule has 18 aromatic carbocycles. The molecule has 0 N–H and O–H groups in total. The van der Waals surface area contributed by atoms with Gasteiger partial charge in [0.05, 0.1) is 55.5 Å². The van der Waals surface area contributed by atoms with E-state index in [-0.39, 0.29) is 5.41 Å². The number of hydrogen-bond donors (Lipinski definition) is 0. The molecule has 0 spiro atoms. The molecule has 0 amide bonds. The van der Waals surface area contributed by atoms with Crippen molar-refractivity contribution >= 4 is 155 Å². The molecule has 0 atom stereocenters. The summed E-state index contributed by atoms with van der Waals surface area (Å²) in [5.41, 5.74) is 35.1. The molecule has 5 aromatic heterocycles. The van der Waals surface area contributed by atoms with Crippen molar-refractivity contribution in [2.45, 2.75) is 33.1 Å². The number of furan rings is 1. The summed E-state index contributed by atoms with van der Waals surface area (Å²) < 4.78 is 16.6. The Hall–Kier alpha value is -15.9. The van der Waals surface area contributed by atoms with Gasteiger partial charge in [0.15, 0.2) is 0 Å². The SMILES string of the molecule is C=C(/C=C\C)B1c2ccc(C(C)(C)C)cc2N(c2c(-c3ccc4c5ccccc5n(-c5ccccc5)c4c3)cccc2-c2ccc3c4ccccc4n(-c4ccccc4)c3c2)c2cc(-c3ccc4oc5ccccc5c4c3)cc(N(C)c3c(-c4ccc5c6ccccc6n(-c6ccccc6)c5c4)cccc3-c3ccc4c5ccccc5n(-c5ccccc5)c4c3)c21. The molecule has 0 unspecified atom stereocenters. The van der Waals surface area contributed by atoms with E-state index < -0.39 is 6.71 Å². The zero-order valence-electron chi connectivity index (χ0n) is 70.6. The first kappa shape index (κ1) is 74.0. The molecule has 1 aliphatic rings. The highest BCUT2D eigenvalue weighted by molar-refractivity contribution is 6.95. The summed E-state index contributed by atoms with van der Waals surface area (Å²) >= 11 is 0. The summed E-state index contributed by atoms with van der Waals surface area (Å²) in [7, 11) is 2.34. The van der Waals surface area contributed by atoms with E-state index in [1.54, 1.807) is 0 Å². The van der Waals surface area contributed by atoms with Gasteiger partial charge < -0.3 is 32.5 Å². The van der Waals surface area contributed by atoms with Gasteiger partial charge in [0.25, 0.3) is 0 Å². The van der Waals surface area contributed by atoms with Crippen LogP contribution < -0.4 is 20.7 Å². The largest absolute Gasteiger partial charge is 0.456 e. The predicted octanol–water partition coefficient (Wildman–Crippen LogP) is 30.4. The first-order valence-electron chi connectivity index (χ1n) is 43.7. The molecule has 1 aliphatic heterocycles. The third-order valence-corrected chi connectivity index (χ3v) is 26.6. The van der Waals surface area contributed by atoms with Gasteiger partial charge in [-0.3, -0.25) is 0 Å². The lowest BCUT2D eigenvalue weighted by Crippen LogP contribution is -2.52. The van der Waals surface area contributed by atoms with Crippen molar-refractivity contribution in [3.05, 3.63) is 430 Å². The highest BCUT2D eigenvalue weighted by atomic mass is 16.3. The zero-order chi connectivity index (χ0) is 84.2. The zero-order valence-corrected chi connectivity index (χ0v) is 70.6. The molecule has 126 heavy (non-hydrogen) atoms. The van der Waals surface area contributed by atoms with E-state index >= 15 is 0 Å². The lowest BCUT2D eigenvalue weighted by molar-refractivity contribution is 0.590. The molecule has 0 radical (unpaired) electrons. The van der Waals surface area contributed by atoms with Crippen molar-refractivity contribution in [3.8, 4) is 78.4 Å². The maximum absolute atomic E-state index is 6.76. The minimum Gasteiger partial charge on any atom is -0.456 e. The van der Waals surface area contributed by atoms with E-state index in [1.807, 2.05) is 0 Å². The second-order valence-corrected chi connectivity index (χ2v) is 34.7. The number of rotatable bonds is 14. The van der Waals surface area contributed by atoms with Crippen LogP contribution in [0.2, 0.25) is 0 Å². The van der Waals surface area contributed by atoms with Crippen LogP contribution in [0.1, 0.15) is 33.3 Å². The molecule has 0 saturated carbocycles. The smallest absolute Gasteiger partial charge is 0.248 e. The third kappa shape index (κ3) is 11.7. The van der Waals surface area contributed by atoms with E-state index in [1.165, 1.54) is 48.7 Å². The van der Waals surface area contributed by atoms with E-state index in [0.717, 1.165) is 189 Å². The van der Waals surface area contributed by atoms with Gasteiger partial charge in [-0.15, -0.1) is 6.58 Å². The van der Waals surface area contributed by atoms with Gasteiger partial charge in [0.1, 0.15) is 11.2 Å². The fourth-order valence-corrected chi connectivity index (χ4v) is 20.8. The third-order valence-electron chi connectivity index (χ3n) is 26.6. The topological polar surface area (TPSA) is 39.3 Å². The minimum absolute atomic E-state index is 0.280. The van der Waals surface area contributed by atoms with Gasteiger partial charge in [-0.05, 0) is 196 Å². The molecule has 0 fully saturated rings. The number of benzene rings is 18. The standard InChI is InChI=1S/C118H85BN6O/c1-7-32-75(2)119-101-65-60-82(118(3,4)5)74-110(101)125(117-89(79-57-63-97-93-43-22-27-52-104(93)123(108(97)70-79)85-37-16-10-17-38-85)48-31-49-90(117)80-58-64-98-94-44-23-28-53-105(94)124(109(98)71-80)86-39-18-11-19-40-86)112-73-81(76-59-66-114-100(67-76)99-45-24-29-54-113(99)126-114)72-111(115(112)119)120(6)116-87(77-55-61-95-91-41-20-25-50-102(91)121(106(95)68-77)83-33-12-8-13-34-83)46-30-47-88(116)78-56-62-96-92-42-21-26-51-103(92)122(107(96)69-78)84-35-14-9-15-36-84/h7-74H,2H2,1,3-6H3/b32-7-. The number of nitrogens with zero attached hydrogens (tertiary/aromatic N) is 6. The molecule has 8 heteroatoms. The van der Waals surface area contributed by atoms with Crippen molar-refractivity contribution < 1.29 is 4.42 Å². The van der Waals surface area contributed by atoms with Gasteiger partial charge in [0.2, 0.25) is 6.71 Å². The van der Waals surface area contributed by atoms with Crippen LogP contribution in [-0.4, -0.2) is 32.0 Å². The van der Waals surface area contributed by atoms with E-state index in [0.29, 0.717) is 0 Å². The number of para-hydroxylation sites is 11. The number of fused-ring (bicyclic) bond motifs is 17. The number of anilines is 5. The maximum Gasteiger partial charge on any atom is 0.248 e. The fraction of sp³-hybridized carbons (Fsp3) is 0.0508. The van der Waals surface area contributed by atoms with Crippen LogP contribution in [0, 0.1) is 0 Å². The first-order valence-corrected chi connectivity index (χ1v) is 43.7. The monoisotopic (exact) mass is 1610 g/mol. The summed E-state index contributed by atoms with van der Waals surface area (Å²) in [5.74, 6) is 0. The van der Waals surface area contributed by atoms with Crippen LogP contribution in [0.25, 0.3) is 188 Å². The molecule has 7 nitrogen and oxygen atoms in total. The number of hydrogen-bond acceptors (Lipinski definition) is 3. The van der Waals surface area contributed by atoms with Crippen molar-refractivity contribution in [1.29, 1.82) is 0 Å². The molecule has 24 rings (SSSR count). The van der Waals surface area contributed by atoms with Gasteiger partial charge in [-0.1, -0.05) is 305 Å². The second-order valence-electron chi connectivity index (χ2n) is 34.7. The Morgan fingerprint density at radius 2 is 0.690 bits per heavy atom. The van der Waals surface area contributed by atoms with Crippen LogP contribution in [0.5, 0.6) is 0 Å². The summed E-state index contributed by atoms with van der Waals surface area (Å²) in [5, 5.41) is 11.6. The Morgan fingerprint density at radius 3 is 1.12 bits per heavy atom. The van der Waals surface area contributed by atoms with Crippen LogP contribution in [0.3, 0.4) is 0 Å². The predicted molar refractivity (Wildman–Crippen MR) is 535 cm³/mol. The normalized spacial score (nSPS) is 12.5. The van der Waals surface area contributed by atoms with Crippen LogP contribution in [0.15, 0.2) is 429 Å². The van der Waals surface area contributed by atoms with Crippen LogP contribution in [-0.2, 0) is 5.41 Å². The lowest BCUT2D eigenvalue weighted by Gasteiger charge is -2.42. The average Bonchev–Trinajstić information content (AvgIpc) is 1.10. The van der Waals surface area contributed by atoms with E-state index in [4.69, 9.17) is 11.0 Å². The quantitative estimate of drug-likeness (QED) is 0.0805. The molecule has 6 heterocycles. The van der Waals surface area contributed by atoms with Crippen LogP contribution in [0.4, 0.5) is 28.4 Å².